The number of benzene rings is 2. The van der Waals surface area contributed by atoms with E-state index >= 15 is 0 Å². The first-order chi connectivity index (χ1) is 12.3. The highest BCUT2D eigenvalue weighted by molar-refractivity contribution is 7.89. The van der Waals surface area contributed by atoms with Gasteiger partial charge in [0, 0.05) is 12.1 Å². The number of hydrogen-bond donors (Lipinski definition) is 2. The average Bonchev–Trinajstić information content (AvgIpc) is 2.91. The summed E-state index contributed by atoms with van der Waals surface area (Å²) in [5.41, 5.74) is 2.10. The first-order valence-electron chi connectivity index (χ1n) is 8.03. The first kappa shape index (κ1) is 18.1. The monoisotopic (exact) mass is 374 g/mol. The van der Waals surface area contributed by atoms with Crippen LogP contribution in [0.3, 0.4) is 0 Å². The number of carbonyl (C=O) groups is 2. The minimum atomic E-state index is -3.71. The zero-order chi connectivity index (χ0) is 18.7. The molecule has 7 nitrogen and oxygen atoms in total. The summed E-state index contributed by atoms with van der Waals surface area (Å²) in [6.45, 7) is 0.385. The van der Waals surface area contributed by atoms with Crippen LogP contribution in [0.5, 0.6) is 0 Å². The van der Waals surface area contributed by atoms with Crippen molar-refractivity contribution in [1.29, 1.82) is 0 Å². The Bertz CT molecular complexity index is 938. The van der Waals surface area contributed by atoms with E-state index in [1.165, 1.54) is 12.1 Å². The van der Waals surface area contributed by atoms with Crippen molar-refractivity contribution in [3.05, 3.63) is 65.2 Å². The molecule has 0 radical (unpaired) electrons. The second kappa shape index (κ2) is 7.27. The molecular formula is C18H18N2O5S. The number of sulfonamides is 1. The van der Waals surface area contributed by atoms with Crippen molar-refractivity contribution >= 4 is 21.9 Å². The molecule has 2 aromatic carbocycles. The van der Waals surface area contributed by atoms with Crippen LogP contribution in [0.15, 0.2) is 53.4 Å². The molecule has 0 fully saturated rings. The molecule has 3 rings (SSSR count). The molecule has 0 aromatic heterocycles. The summed E-state index contributed by atoms with van der Waals surface area (Å²) in [5, 5.41) is 7.82. The number of carbonyl (C=O) groups excluding carboxylic acids is 2. The maximum Gasteiger partial charge on any atom is 0.339 e. The van der Waals surface area contributed by atoms with Gasteiger partial charge >= 0.3 is 5.97 Å². The van der Waals surface area contributed by atoms with E-state index in [1.807, 2.05) is 0 Å². The van der Waals surface area contributed by atoms with Crippen molar-refractivity contribution in [1.82, 2.24) is 5.32 Å². The number of rotatable bonds is 6. The molecule has 1 aliphatic heterocycles. The summed E-state index contributed by atoms with van der Waals surface area (Å²) in [6.07, 6.45) is 0.0397. The molecule has 136 valence electrons. The van der Waals surface area contributed by atoms with Crippen LogP contribution in [0.25, 0.3) is 0 Å². The summed E-state index contributed by atoms with van der Waals surface area (Å²) in [7, 11) is -3.71. The summed E-state index contributed by atoms with van der Waals surface area (Å²) < 4.78 is 27.7. The van der Waals surface area contributed by atoms with Gasteiger partial charge in [0.1, 0.15) is 6.10 Å². The molecule has 0 bridgehead atoms. The van der Waals surface area contributed by atoms with E-state index in [1.54, 1.807) is 36.4 Å². The van der Waals surface area contributed by atoms with Crippen LogP contribution in [0.2, 0.25) is 0 Å². The van der Waals surface area contributed by atoms with E-state index in [0.717, 1.165) is 11.1 Å². The van der Waals surface area contributed by atoms with Crippen LogP contribution in [-0.2, 0) is 26.0 Å². The van der Waals surface area contributed by atoms with Gasteiger partial charge in [-0.2, -0.15) is 0 Å². The molecule has 0 saturated heterocycles. The van der Waals surface area contributed by atoms with E-state index in [2.05, 4.69) is 5.32 Å². The Labute approximate surface area is 151 Å². The first-order valence-corrected chi connectivity index (χ1v) is 9.57. The predicted octanol–water partition coefficient (Wildman–Crippen LogP) is 1.29. The molecule has 1 heterocycles. The molecule has 0 spiro atoms. The highest BCUT2D eigenvalue weighted by Crippen LogP contribution is 2.32. The Kier molecular flexibility index (Phi) is 5.06. The van der Waals surface area contributed by atoms with E-state index in [-0.39, 0.29) is 17.2 Å². The standard InChI is InChI=1S/C18H18N2O5S/c19-26(23,24)13-7-5-12(6-8-13)9-10-20-17(21)11-16-14-3-1-2-4-15(14)18(22)25-16/h1-8,16H,9-11H2,(H,20,21)(H2,19,23,24). The van der Waals surface area contributed by atoms with E-state index in [9.17, 15) is 18.0 Å². The molecule has 26 heavy (non-hydrogen) atoms. The number of hydrogen-bond acceptors (Lipinski definition) is 5. The van der Waals surface area contributed by atoms with Gasteiger partial charge < -0.3 is 10.1 Å². The van der Waals surface area contributed by atoms with Gasteiger partial charge in [-0.05, 0) is 30.2 Å². The fraction of sp³-hybridized carbons (Fsp3) is 0.222. The molecule has 1 atom stereocenters. The highest BCUT2D eigenvalue weighted by atomic mass is 32.2. The average molecular weight is 374 g/mol. The van der Waals surface area contributed by atoms with Crippen LogP contribution >= 0.6 is 0 Å². The molecule has 1 amide bonds. The lowest BCUT2D eigenvalue weighted by molar-refractivity contribution is -0.122. The van der Waals surface area contributed by atoms with Gasteiger partial charge in [0.2, 0.25) is 15.9 Å². The van der Waals surface area contributed by atoms with Crippen LogP contribution in [0.4, 0.5) is 0 Å². The molecule has 0 aliphatic carbocycles. The lowest BCUT2D eigenvalue weighted by Crippen LogP contribution is -2.27. The topological polar surface area (TPSA) is 116 Å². The van der Waals surface area contributed by atoms with E-state index in [4.69, 9.17) is 9.88 Å². The van der Waals surface area contributed by atoms with Gasteiger partial charge in [0.25, 0.3) is 0 Å². The number of nitrogens with one attached hydrogen (secondary N) is 1. The molecular weight excluding hydrogens is 356 g/mol. The molecule has 3 N–H and O–H groups in total. The number of ether oxygens (including phenoxy) is 1. The number of amides is 1. The van der Waals surface area contributed by atoms with Crippen LogP contribution < -0.4 is 10.5 Å². The molecule has 1 aliphatic rings. The minimum absolute atomic E-state index is 0.0481. The second-order valence-electron chi connectivity index (χ2n) is 5.97. The number of primary sulfonamides is 1. The predicted molar refractivity (Wildman–Crippen MR) is 93.7 cm³/mol. The third kappa shape index (κ3) is 4.09. The van der Waals surface area contributed by atoms with Crippen molar-refractivity contribution < 1.29 is 22.7 Å². The Morgan fingerprint density at radius 1 is 1.12 bits per heavy atom. The number of cyclic esters (lactones) is 1. The largest absolute Gasteiger partial charge is 0.453 e. The maximum absolute atomic E-state index is 12.1. The van der Waals surface area contributed by atoms with Gasteiger partial charge in [0.15, 0.2) is 0 Å². The zero-order valence-electron chi connectivity index (χ0n) is 13.8. The zero-order valence-corrected chi connectivity index (χ0v) is 14.7. The Balaban J connectivity index is 1.50. The second-order valence-corrected chi connectivity index (χ2v) is 7.54. The normalized spacial score (nSPS) is 16.0. The number of nitrogens with two attached hydrogens (primary N) is 1. The highest BCUT2D eigenvalue weighted by Gasteiger charge is 2.31. The Morgan fingerprint density at radius 3 is 2.50 bits per heavy atom. The van der Waals surface area contributed by atoms with Gasteiger partial charge in [0.05, 0.1) is 16.9 Å². The van der Waals surface area contributed by atoms with Gasteiger partial charge in [-0.3, -0.25) is 4.79 Å². The van der Waals surface area contributed by atoms with Crippen LogP contribution in [0.1, 0.15) is 34.0 Å². The third-order valence-electron chi connectivity index (χ3n) is 4.14. The summed E-state index contributed by atoms with van der Waals surface area (Å²) in [6, 6.07) is 13.2. The molecule has 8 heteroatoms. The fourth-order valence-corrected chi connectivity index (χ4v) is 3.32. The fourth-order valence-electron chi connectivity index (χ4n) is 2.80. The quantitative estimate of drug-likeness (QED) is 0.739. The smallest absolute Gasteiger partial charge is 0.339 e. The van der Waals surface area contributed by atoms with Crippen molar-refractivity contribution in [2.24, 2.45) is 5.14 Å². The minimum Gasteiger partial charge on any atom is -0.453 e. The van der Waals surface area contributed by atoms with E-state index < -0.39 is 22.1 Å². The van der Waals surface area contributed by atoms with Crippen LogP contribution in [-0.4, -0.2) is 26.8 Å². The molecule has 1 unspecified atom stereocenters. The van der Waals surface area contributed by atoms with Gasteiger partial charge in [-0.15, -0.1) is 0 Å². The van der Waals surface area contributed by atoms with Crippen molar-refractivity contribution in [2.45, 2.75) is 23.8 Å². The van der Waals surface area contributed by atoms with E-state index in [0.29, 0.717) is 18.5 Å². The molecule has 0 saturated carbocycles. The summed E-state index contributed by atoms with van der Waals surface area (Å²) in [4.78, 5) is 23.9. The van der Waals surface area contributed by atoms with Crippen molar-refractivity contribution in [2.75, 3.05) is 6.54 Å². The molecule has 2 aromatic rings. The van der Waals surface area contributed by atoms with Gasteiger partial charge in [-0.1, -0.05) is 30.3 Å². The van der Waals surface area contributed by atoms with Gasteiger partial charge in [-0.25, -0.2) is 18.4 Å². The van der Waals surface area contributed by atoms with Crippen LogP contribution in [0, 0.1) is 0 Å². The number of fused-ring (bicyclic) bond motifs is 1. The maximum atomic E-state index is 12.1. The SMILES string of the molecule is NS(=O)(=O)c1ccc(CCNC(=O)CC2OC(=O)c3ccccc32)cc1. The summed E-state index contributed by atoms with van der Waals surface area (Å²) >= 11 is 0. The van der Waals surface area contributed by atoms with Crippen molar-refractivity contribution in [3.8, 4) is 0 Å². The lowest BCUT2D eigenvalue weighted by Gasteiger charge is -2.11. The Morgan fingerprint density at radius 2 is 1.81 bits per heavy atom. The van der Waals surface area contributed by atoms with Crippen molar-refractivity contribution in [3.63, 3.8) is 0 Å². The Hall–Kier alpha value is -2.71. The number of esters is 1. The third-order valence-corrected chi connectivity index (χ3v) is 5.06. The lowest BCUT2D eigenvalue weighted by atomic mass is 10.0. The summed E-state index contributed by atoms with van der Waals surface area (Å²) in [5.74, 6) is -0.631.